The lowest BCUT2D eigenvalue weighted by Crippen LogP contribution is -2.48. The Labute approximate surface area is 140 Å². The Balaban J connectivity index is 2.12. The Morgan fingerprint density at radius 3 is 2.74 bits per heavy atom. The van der Waals surface area contributed by atoms with E-state index >= 15 is 0 Å². The summed E-state index contributed by atoms with van der Waals surface area (Å²) in [6.07, 6.45) is 0.0705. The summed E-state index contributed by atoms with van der Waals surface area (Å²) in [7, 11) is 0. The van der Waals surface area contributed by atoms with Gasteiger partial charge in [0.05, 0.1) is 6.42 Å². The second-order valence-corrected chi connectivity index (χ2v) is 6.86. The second kappa shape index (κ2) is 7.42. The van der Waals surface area contributed by atoms with Crippen LogP contribution in [0.4, 0.5) is 0 Å². The quantitative estimate of drug-likeness (QED) is 0.702. The first-order chi connectivity index (χ1) is 10.9. The fourth-order valence-corrected chi connectivity index (χ4v) is 3.71. The van der Waals surface area contributed by atoms with Crippen LogP contribution >= 0.6 is 23.1 Å². The van der Waals surface area contributed by atoms with Crippen molar-refractivity contribution in [2.45, 2.75) is 17.8 Å². The van der Waals surface area contributed by atoms with Gasteiger partial charge >= 0.3 is 11.9 Å². The van der Waals surface area contributed by atoms with Crippen molar-refractivity contribution in [1.29, 1.82) is 0 Å². The molecule has 0 saturated heterocycles. The van der Waals surface area contributed by atoms with E-state index in [0.29, 0.717) is 5.57 Å². The number of nitrogens with zero attached hydrogens (tertiary/aromatic N) is 1. The molecular formula is C14H14N2O5S2. The molecule has 1 aromatic heterocycles. The molecule has 3 N–H and O–H groups in total. The van der Waals surface area contributed by atoms with Crippen LogP contribution in [0.1, 0.15) is 4.88 Å². The second-order valence-electron chi connectivity index (χ2n) is 4.73. The average Bonchev–Trinajstić information content (AvgIpc) is 2.97. The molecule has 1 aliphatic rings. The van der Waals surface area contributed by atoms with Crippen molar-refractivity contribution in [3.63, 3.8) is 0 Å². The zero-order chi connectivity index (χ0) is 17.0. The Morgan fingerprint density at radius 2 is 2.17 bits per heavy atom. The highest BCUT2D eigenvalue weighted by Gasteiger charge is 2.34. The molecule has 0 fully saturated rings. The number of amides is 1. The van der Waals surface area contributed by atoms with Crippen molar-refractivity contribution in [2.24, 2.45) is 4.99 Å². The maximum absolute atomic E-state index is 12.0. The van der Waals surface area contributed by atoms with Crippen molar-refractivity contribution in [3.05, 3.63) is 34.5 Å². The van der Waals surface area contributed by atoms with E-state index in [0.717, 1.165) is 16.6 Å². The van der Waals surface area contributed by atoms with E-state index in [1.54, 1.807) is 12.1 Å². The Hall–Kier alpha value is -2.13. The molecule has 7 nitrogen and oxygen atoms in total. The van der Waals surface area contributed by atoms with Gasteiger partial charge in [-0.1, -0.05) is 12.6 Å². The average molecular weight is 354 g/mol. The van der Waals surface area contributed by atoms with Crippen molar-refractivity contribution < 1.29 is 24.6 Å². The standard InChI is InChI=1S/C14H14N2O5S2/c1-7-6-23-12(16-10(7)13(18)19)11(14(20)21)15-9(17)5-8-3-2-4-22-8/h2-4,11-12H,1,5-6H2,(H,15,17)(H,18,19)(H,20,21)/t11-,12+/m0/s1. The van der Waals surface area contributed by atoms with Crippen LogP contribution in [0.15, 0.2) is 34.7 Å². The number of carbonyl (C=O) groups excluding carboxylic acids is 1. The molecule has 1 aliphatic heterocycles. The molecule has 122 valence electrons. The zero-order valence-electron chi connectivity index (χ0n) is 11.9. The van der Waals surface area contributed by atoms with Gasteiger partial charge in [0.2, 0.25) is 5.91 Å². The molecule has 2 rings (SSSR count). The lowest BCUT2D eigenvalue weighted by Gasteiger charge is -2.25. The van der Waals surface area contributed by atoms with Gasteiger partial charge in [-0.15, -0.1) is 23.1 Å². The first-order valence-corrected chi connectivity index (χ1v) is 8.46. The van der Waals surface area contributed by atoms with Crippen LogP contribution in [0, 0.1) is 0 Å². The highest BCUT2D eigenvalue weighted by atomic mass is 32.2. The minimum Gasteiger partial charge on any atom is -0.480 e. The van der Waals surface area contributed by atoms with E-state index in [1.165, 1.54) is 11.3 Å². The lowest BCUT2D eigenvalue weighted by molar-refractivity contribution is -0.141. The number of carboxylic acid groups (broad SMARTS) is 2. The number of hydrogen-bond donors (Lipinski definition) is 3. The highest BCUT2D eigenvalue weighted by molar-refractivity contribution is 8.00. The number of carbonyl (C=O) groups is 3. The fourth-order valence-electron chi connectivity index (χ4n) is 1.94. The number of rotatable bonds is 6. The number of aliphatic carboxylic acids is 2. The number of thioether (sulfide) groups is 1. The van der Waals surface area contributed by atoms with Gasteiger partial charge in [0, 0.05) is 10.6 Å². The predicted octanol–water partition coefficient (Wildman–Crippen LogP) is 1.01. The molecule has 0 bridgehead atoms. The molecule has 23 heavy (non-hydrogen) atoms. The molecule has 0 aliphatic carbocycles. The minimum atomic E-state index is -1.30. The van der Waals surface area contributed by atoms with E-state index in [1.807, 2.05) is 5.38 Å². The third-order valence-electron chi connectivity index (χ3n) is 3.00. The summed E-state index contributed by atoms with van der Waals surface area (Å²) in [5, 5.41) is 21.7. The smallest absolute Gasteiger partial charge is 0.354 e. The SMILES string of the molecule is C=C1CS[C@H]([C@H](NC(=O)Cc2cccs2)C(=O)O)N=C1C(=O)O. The van der Waals surface area contributed by atoms with Crippen LogP contribution in [0.5, 0.6) is 0 Å². The Morgan fingerprint density at radius 1 is 1.43 bits per heavy atom. The topological polar surface area (TPSA) is 116 Å². The van der Waals surface area contributed by atoms with Crippen LogP contribution in [-0.2, 0) is 20.8 Å². The molecule has 9 heteroatoms. The molecule has 0 radical (unpaired) electrons. The van der Waals surface area contributed by atoms with Crippen molar-refractivity contribution in [1.82, 2.24) is 5.32 Å². The fraction of sp³-hybridized carbons (Fsp3) is 0.286. The third-order valence-corrected chi connectivity index (χ3v) is 5.12. The molecule has 0 aromatic carbocycles. The Kier molecular flexibility index (Phi) is 5.56. The van der Waals surface area contributed by atoms with Crippen LogP contribution in [0.2, 0.25) is 0 Å². The van der Waals surface area contributed by atoms with Crippen LogP contribution in [0.25, 0.3) is 0 Å². The Bertz CT molecular complexity index is 669. The summed E-state index contributed by atoms with van der Waals surface area (Å²) in [6.45, 7) is 3.60. The molecule has 0 unspecified atom stereocenters. The molecule has 0 spiro atoms. The summed E-state index contributed by atoms with van der Waals surface area (Å²) >= 11 is 2.53. The number of nitrogens with one attached hydrogen (secondary N) is 1. The zero-order valence-corrected chi connectivity index (χ0v) is 13.5. The van der Waals surface area contributed by atoms with Gasteiger partial charge in [-0.3, -0.25) is 9.79 Å². The summed E-state index contributed by atoms with van der Waals surface area (Å²) in [6, 6.07) is 2.28. The number of carboxylic acids is 2. The van der Waals surface area contributed by atoms with E-state index in [-0.39, 0.29) is 17.9 Å². The molecule has 1 amide bonds. The maximum Gasteiger partial charge on any atom is 0.354 e. The number of thiophene rings is 1. The number of aliphatic imine (C=N–C) groups is 1. The van der Waals surface area contributed by atoms with Gasteiger partial charge in [0.1, 0.15) is 11.1 Å². The monoisotopic (exact) mass is 354 g/mol. The summed E-state index contributed by atoms with van der Waals surface area (Å²) < 4.78 is 0. The molecule has 0 saturated carbocycles. The largest absolute Gasteiger partial charge is 0.480 e. The summed E-state index contributed by atoms with van der Waals surface area (Å²) in [5.74, 6) is -2.71. The van der Waals surface area contributed by atoms with Gasteiger partial charge < -0.3 is 15.5 Å². The summed E-state index contributed by atoms with van der Waals surface area (Å²) in [5.41, 5.74) is 0.0836. The van der Waals surface area contributed by atoms with Crippen molar-refractivity contribution >= 4 is 46.7 Å². The third kappa shape index (κ3) is 4.42. The maximum atomic E-state index is 12.0. The van der Waals surface area contributed by atoms with E-state index in [2.05, 4.69) is 16.9 Å². The number of hydrogen-bond acceptors (Lipinski definition) is 6. The van der Waals surface area contributed by atoms with Crippen molar-refractivity contribution in [3.8, 4) is 0 Å². The predicted molar refractivity (Wildman–Crippen MR) is 88.0 cm³/mol. The normalized spacial score (nSPS) is 18.9. The van der Waals surface area contributed by atoms with Crippen molar-refractivity contribution in [2.75, 3.05) is 5.75 Å². The van der Waals surface area contributed by atoms with E-state index in [4.69, 9.17) is 5.11 Å². The van der Waals surface area contributed by atoms with Crippen LogP contribution in [0.3, 0.4) is 0 Å². The lowest BCUT2D eigenvalue weighted by atomic mass is 10.2. The van der Waals surface area contributed by atoms with E-state index in [9.17, 15) is 19.5 Å². The molecule has 1 aromatic rings. The van der Waals surface area contributed by atoms with Crippen LogP contribution in [-0.4, -0.2) is 50.9 Å². The minimum absolute atomic E-state index is 0.0705. The first kappa shape index (κ1) is 17.2. The van der Waals surface area contributed by atoms with Gasteiger partial charge in [-0.05, 0) is 17.0 Å². The van der Waals surface area contributed by atoms with Gasteiger partial charge in [0.25, 0.3) is 0 Å². The van der Waals surface area contributed by atoms with E-state index < -0.39 is 29.3 Å². The van der Waals surface area contributed by atoms with Crippen LogP contribution < -0.4 is 5.32 Å². The van der Waals surface area contributed by atoms with Gasteiger partial charge in [-0.2, -0.15) is 0 Å². The molecule has 2 atom stereocenters. The first-order valence-electron chi connectivity index (χ1n) is 6.54. The summed E-state index contributed by atoms with van der Waals surface area (Å²) in [4.78, 5) is 39.3. The van der Waals surface area contributed by atoms with Gasteiger partial charge in [0.15, 0.2) is 6.04 Å². The molecule has 2 heterocycles. The van der Waals surface area contributed by atoms with Gasteiger partial charge in [-0.25, -0.2) is 9.59 Å². The highest BCUT2D eigenvalue weighted by Crippen LogP contribution is 2.26. The molecular weight excluding hydrogens is 340 g/mol.